The number of rotatable bonds is 8. The van der Waals surface area contributed by atoms with Gasteiger partial charge in [0, 0.05) is 43.3 Å². The van der Waals surface area contributed by atoms with Crippen molar-refractivity contribution < 1.29 is 8.42 Å². The van der Waals surface area contributed by atoms with Crippen LogP contribution in [-0.2, 0) is 30.0 Å². The van der Waals surface area contributed by atoms with Gasteiger partial charge in [0.15, 0.2) is 0 Å². The smallest absolute Gasteiger partial charge is 0.250 e. The predicted molar refractivity (Wildman–Crippen MR) is 83.8 cm³/mol. The Morgan fingerprint density at radius 1 is 1.33 bits per heavy atom. The molecule has 0 saturated heterocycles. The highest BCUT2D eigenvalue weighted by Gasteiger charge is 2.16. The van der Waals surface area contributed by atoms with Crippen molar-refractivity contribution in [3.63, 3.8) is 0 Å². The Kier molecular flexibility index (Phi) is 5.51. The zero-order chi connectivity index (χ0) is 15.3. The van der Waals surface area contributed by atoms with Crippen molar-refractivity contribution in [1.82, 2.24) is 19.8 Å². The maximum absolute atomic E-state index is 12.2. The van der Waals surface area contributed by atoms with Crippen LogP contribution in [0.2, 0.25) is 0 Å². The third-order valence-corrected chi connectivity index (χ3v) is 6.08. The molecular formula is C13H20N4O2S2. The molecule has 0 aliphatic rings. The van der Waals surface area contributed by atoms with Crippen molar-refractivity contribution in [3.05, 3.63) is 35.0 Å². The maximum Gasteiger partial charge on any atom is 0.250 e. The standard InChI is InChI=1S/C13H20N4O2S2/c1-3-14-10-12-4-5-13(20-12)21(18,19)16-9-7-11-6-8-15-17(11)2/h4-6,8,14,16H,3,7,9-10H2,1-2H3. The molecule has 0 aliphatic carbocycles. The fourth-order valence-electron chi connectivity index (χ4n) is 1.88. The van der Waals surface area contributed by atoms with Gasteiger partial charge in [-0.15, -0.1) is 11.3 Å². The van der Waals surface area contributed by atoms with E-state index in [9.17, 15) is 8.42 Å². The van der Waals surface area contributed by atoms with Gasteiger partial charge in [-0.25, -0.2) is 13.1 Å². The molecule has 116 valence electrons. The number of hydrogen-bond acceptors (Lipinski definition) is 5. The Bertz CT molecular complexity index is 676. The first-order valence-electron chi connectivity index (χ1n) is 6.79. The Labute approximate surface area is 129 Å². The van der Waals surface area contributed by atoms with Crippen LogP contribution < -0.4 is 10.0 Å². The summed E-state index contributed by atoms with van der Waals surface area (Å²) in [6, 6.07) is 5.39. The first-order valence-corrected chi connectivity index (χ1v) is 9.09. The highest BCUT2D eigenvalue weighted by atomic mass is 32.2. The molecule has 0 aromatic carbocycles. The number of nitrogens with one attached hydrogen (secondary N) is 2. The van der Waals surface area contributed by atoms with Crippen molar-refractivity contribution in [2.75, 3.05) is 13.1 Å². The van der Waals surface area contributed by atoms with Gasteiger partial charge in [0.2, 0.25) is 10.0 Å². The van der Waals surface area contributed by atoms with E-state index < -0.39 is 10.0 Å². The molecule has 2 rings (SSSR count). The van der Waals surface area contributed by atoms with Gasteiger partial charge < -0.3 is 5.32 Å². The summed E-state index contributed by atoms with van der Waals surface area (Å²) in [5.41, 5.74) is 0.997. The van der Waals surface area contributed by atoms with Crippen LogP contribution in [0.1, 0.15) is 17.5 Å². The first kappa shape index (κ1) is 16.2. The van der Waals surface area contributed by atoms with E-state index >= 15 is 0 Å². The number of thiophene rings is 1. The van der Waals surface area contributed by atoms with Gasteiger partial charge in [0.1, 0.15) is 4.21 Å². The fourth-order valence-corrected chi connectivity index (χ4v) is 4.28. The summed E-state index contributed by atoms with van der Waals surface area (Å²) < 4.78 is 29.1. The van der Waals surface area contributed by atoms with E-state index in [1.54, 1.807) is 16.9 Å². The van der Waals surface area contributed by atoms with Crippen LogP contribution in [0, 0.1) is 0 Å². The average molecular weight is 328 g/mol. The molecule has 21 heavy (non-hydrogen) atoms. The molecule has 2 aromatic heterocycles. The van der Waals surface area contributed by atoms with Gasteiger partial charge in [0.25, 0.3) is 0 Å². The SMILES string of the molecule is CCNCc1ccc(S(=O)(=O)NCCc2ccnn2C)s1. The molecule has 0 aliphatic heterocycles. The molecule has 0 amide bonds. The van der Waals surface area contributed by atoms with Crippen molar-refractivity contribution in [2.45, 2.75) is 24.1 Å². The monoisotopic (exact) mass is 328 g/mol. The second kappa shape index (κ2) is 7.17. The summed E-state index contributed by atoms with van der Waals surface area (Å²) in [5, 5.41) is 7.24. The Morgan fingerprint density at radius 2 is 2.14 bits per heavy atom. The predicted octanol–water partition coefficient (Wildman–Crippen LogP) is 1.11. The Balaban J connectivity index is 1.92. The second-order valence-corrected chi connectivity index (χ2v) is 7.76. The van der Waals surface area contributed by atoms with Gasteiger partial charge in [0.05, 0.1) is 0 Å². The van der Waals surface area contributed by atoms with Crippen LogP contribution in [0.15, 0.2) is 28.6 Å². The van der Waals surface area contributed by atoms with Crippen molar-refractivity contribution >= 4 is 21.4 Å². The van der Waals surface area contributed by atoms with Crippen LogP contribution >= 0.6 is 11.3 Å². The molecule has 0 bridgehead atoms. The summed E-state index contributed by atoms with van der Waals surface area (Å²) in [7, 11) is -1.58. The summed E-state index contributed by atoms with van der Waals surface area (Å²) in [6.45, 7) is 3.95. The third kappa shape index (κ3) is 4.37. The van der Waals surface area contributed by atoms with Crippen molar-refractivity contribution in [1.29, 1.82) is 0 Å². The molecule has 0 radical (unpaired) electrons. The molecule has 2 heterocycles. The summed E-state index contributed by atoms with van der Waals surface area (Å²) in [4.78, 5) is 1.02. The van der Waals surface area contributed by atoms with E-state index in [1.807, 2.05) is 26.1 Å². The minimum absolute atomic E-state index is 0.361. The van der Waals surface area contributed by atoms with Gasteiger partial charge >= 0.3 is 0 Å². The lowest BCUT2D eigenvalue weighted by Crippen LogP contribution is -2.25. The minimum Gasteiger partial charge on any atom is -0.312 e. The molecule has 0 unspecified atom stereocenters. The molecular weight excluding hydrogens is 308 g/mol. The summed E-state index contributed by atoms with van der Waals surface area (Å²) >= 11 is 1.30. The van der Waals surface area contributed by atoms with Gasteiger partial charge in [-0.2, -0.15) is 5.10 Å². The van der Waals surface area contributed by atoms with E-state index in [-0.39, 0.29) is 0 Å². The lowest BCUT2D eigenvalue weighted by molar-refractivity contribution is 0.582. The minimum atomic E-state index is -3.42. The number of sulfonamides is 1. The van der Waals surface area contributed by atoms with Crippen molar-refractivity contribution in [2.24, 2.45) is 7.05 Å². The lowest BCUT2D eigenvalue weighted by atomic mass is 10.3. The Hall–Kier alpha value is -1.22. The average Bonchev–Trinajstić information content (AvgIpc) is 3.06. The molecule has 0 spiro atoms. The molecule has 2 N–H and O–H groups in total. The normalized spacial score (nSPS) is 11.9. The van der Waals surface area contributed by atoms with Crippen LogP contribution in [0.5, 0.6) is 0 Å². The second-order valence-electron chi connectivity index (χ2n) is 4.60. The van der Waals surface area contributed by atoms with E-state index in [4.69, 9.17) is 0 Å². The fraction of sp³-hybridized carbons (Fsp3) is 0.462. The molecule has 0 atom stereocenters. The topological polar surface area (TPSA) is 76.0 Å². The van der Waals surface area contributed by atoms with E-state index in [2.05, 4.69) is 15.1 Å². The third-order valence-electron chi connectivity index (χ3n) is 3.05. The zero-order valence-electron chi connectivity index (χ0n) is 12.2. The first-order chi connectivity index (χ1) is 10.0. The molecule has 0 fully saturated rings. The molecule has 8 heteroatoms. The number of aromatic nitrogens is 2. The van der Waals surface area contributed by atoms with Crippen LogP contribution in [0.4, 0.5) is 0 Å². The molecule has 2 aromatic rings. The van der Waals surface area contributed by atoms with Crippen molar-refractivity contribution in [3.8, 4) is 0 Å². The largest absolute Gasteiger partial charge is 0.312 e. The number of aryl methyl sites for hydroxylation is 1. The molecule has 6 nitrogen and oxygen atoms in total. The zero-order valence-corrected chi connectivity index (χ0v) is 13.8. The van der Waals surface area contributed by atoms with E-state index in [0.717, 1.165) is 17.1 Å². The highest BCUT2D eigenvalue weighted by Crippen LogP contribution is 2.21. The van der Waals surface area contributed by atoms with Crippen LogP contribution in [0.25, 0.3) is 0 Å². The van der Waals surface area contributed by atoms with Gasteiger partial charge in [-0.1, -0.05) is 6.92 Å². The molecule has 0 saturated carbocycles. The summed E-state index contributed by atoms with van der Waals surface area (Å²) in [5.74, 6) is 0. The highest BCUT2D eigenvalue weighted by molar-refractivity contribution is 7.91. The maximum atomic E-state index is 12.2. The summed E-state index contributed by atoms with van der Waals surface area (Å²) in [6.07, 6.45) is 2.32. The number of nitrogens with zero attached hydrogens (tertiary/aromatic N) is 2. The number of hydrogen-bond donors (Lipinski definition) is 2. The van der Waals surface area contributed by atoms with Crippen LogP contribution in [-0.4, -0.2) is 31.3 Å². The Morgan fingerprint density at radius 3 is 2.81 bits per heavy atom. The quantitative estimate of drug-likeness (QED) is 0.761. The van der Waals surface area contributed by atoms with E-state index in [0.29, 0.717) is 23.7 Å². The van der Waals surface area contributed by atoms with Gasteiger partial charge in [-0.3, -0.25) is 4.68 Å². The lowest BCUT2D eigenvalue weighted by Gasteiger charge is -2.05. The van der Waals surface area contributed by atoms with Gasteiger partial charge in [-0.05, 0) is 24.7 Å². The van der Waals surface area contributed by atoms with Crippen LogP contribution in [0.3, 0.4) is 0 Å². The van der Waals surface area contributed by atoms with E-state index in [1.165, 1.54) is 11.3 Å².